The largest absolute Gasteiger partial charge is 0.464 e. The van der Waals surface area contributed by atoms with Crippen LogP contribution >= 0.6 is 0 Å². The van der Waals surface area contributed by atoms with E-state index in [1.807, 2.05) is 0 Å². The molecule has 6 nitrogen and oxygen atoms in total. The van der Waals surface area contributed by atoms with Gasteiger partial charge in [0.05, 0.1) is 26.1 Å². The van der Waals surface area contributed by atoms with Gasteiger partial charge in [-0.05, 0) is 6.42 Å². The van der Waals surface area contributed by atoms with Crippen LogP contribution in [0.3, 0.4) is 0 Å². The standard InChI is InChI=1S/C11H15N3O3/c1-16-11(15)9-5-12-6-10(14-9)13-4-8-2-3-17-7-8/h5-6,8H,2-4,7H2,1H3,(H,13,14). The normalized spacial score (nSPS) is 19.0. The van der Waals surface area contributed by atoms with E-state index >= 15 is 0 Å². The maximum atomic E-state index is 11.3. The molecule has 92 valence electrons. The zero-order valence-corrected chi connectivity index (χ0v) is 9.68. The van der Waals surface area contributed by atoms with Gasteiger partial charge >= 0.3 is 5.97 Å². The first-order valence-corrected chi connectivity index (χ1v) is 5.51. The number of nitrogens with one attached hydrogen (secondary N) is 1. The van der Waals surface area contributed by atoms with Gasteiger partial charge in [-0.1, -0.05) is 0 Å². The maximum Gasteiger partial charge on any atom is 0.358 e. The van der Waals surface area contributed by atoms with Gasteiger partial charge in [0.15, 0.2) is 5.69 Å². The van der Waals surface area contributed by atoms with Crippen molar-refractivity contribution in [2.24, 2.45) is 5.92 Å². The Morgan fingerprint density at radius 2 is 2.53 bits per heavy atom. The van der Waals surface area contributed by atoms with Gasteiger partial charge < -0.3 is 14.8 Å². The molecule has 0 bridgehead atoms. The first-order valence-electron chi connectivity index (χ1n) is 5.51. The summed E-state index contributed by atoms with van der Waals surface area (Å²) in [6, 6.07) is 0. The Kier molecular flexibility index (Phi) is 3.87. The molecule has 1 aliphatic rings. The van der Waals surface area contributed by atoms with Gasteiger partial charge in [0.25, 0.3) is 0 Å². The molecule has 0 radical (unpaired) electrons. The number of esters is 1. The predicted molar refractivity (Wildman–Crippen MR) is 60.8 cm³/mol. The van der Waals surface area contributed by atoms with E-state index < -0.39 is 5.97 Å². The van der Waals surface area contributed by atoms with Crippen molar-refractivity contribution < 1.29 is 14.3 Å². The minimum absolute atomic E-state index is 0.208. The average Bonchev–Trinajstić information content (AvgIpc) is 2.89. The third-order valence-electron chi connectivity index (χ3n) is 2.62. The molecule has 0 aromatic carbocycles. The molecule has 1 aliphatic heterocycles. The zero-order chi connectivity index (χ0) is 12.1. The summed E-state index contributed by atoms with van der Waals surface area (Å²) >= 11 is 0. The second kappa shape index (κ2) is 5.58. The van der Waals surface area contributed by atoms with Gasteiger partial charge in [0.2, 0.25) is 0 Å². The third-order valence-corrected chi connectivity index (χ3v) is 2.62. The van der Waals surface area contributed by atoms with Crippen molar-refractivity contribution in [3.05, 3.63) is 18.1 Å². The summed E-state index contributed by atoms with van der Waals surface area (Å²) in [5, 5.41) is 3.14. The fraction of sp³-hybridized carbons (Fsp3) is 0.545. The lowest BCUT2D eigenvalue weighted by Gasteiger charge is -2.09. The number of aromatic nitrogens is 2. The third kappa shape index (κ3) is 3.13. The number of carbonyl (C=O) groups excluding carboxylic acids is 1. The minimum Gasteiger partial charge on any atom is -0.464 e. The second-order valence-corrected chi connectivity index (χ2v) is 3.89. The van der Waals surface area contributed by atoms with Gasteiger partial charge in [0.1, 0.15) is 5.82 Å². The van der Waals surface area contributed by atoms with Crippen LogP contribution in [0.2, 0.25) is 0 Å². The maximum absolute atomic E-state index is 11.3. The lowest BCUT2D eigenvalue weighted by atomic mass is 10.1. The van der Waals surface area contributed by atoms with E-state index in [-0.39, 0.29) is 5.69 Å². The Labute approximate surface area is 99.4 Å². The number of ether oxygens (including phenoxy) is 2. The Bertz CT molecular complexity index is 391. The lowest BCUT2D eigenvalue weighted by molar-refractivity contribution is 0.0593. The molecule has 2 rings (SSSR count). The molecular weight excluding hydrogens is 222 g/mol. The number of anilines is 1. The minimum atomic E-state index is -0.481. The second-order valence-electron chi connectivity index (χ2n) is 3.89. The summed E-state index contributed by atoms with van der Waals surface area (Å²) in [5.74, 6) is 0.601. The van der Waals surface area contributed by atoms with Crippen LogP contribution in [0, 0.1) is 5.92 Å². The molecule has 6 heteroatoms. The Morgan fingerprint density at radius 1 is 1.65 bits per heavy atom. The van der Waals surface area contributed by atoms with Crippen LogP contribution in [0.15, 0.2) is 12.4 Å². The summed E-state index contributed by atoms with van der Waals surface area (Å²) in [5.41, 5.74) is 0.208. The van der Waals surface area contributed by atoms with E-state index in [0.29, 0.717) is 11.7 Å². The zero-order valence-electron chi connectivity index (χ0n) is 9.68. The van der Waals surface area contributed by atoms with Crippen LogP contribution in [-0.4, -0.2) is 42.8 Å². The van der Waals surface area contributed by atoms with Crippen molar-refractivity contribution in [1.82, 2.24) is 9.97 Å². The highest BCUT2D eigenvalue weighted by atomic mass is 16.5. The number of methoxy groups -OCH3 is 1. The predicted octanol–water partition coefficient (Wildman–Crippen LogP) is 0.712. The van der Waals surface area contributed by atoms with Crippen LogP contribution in [0.5, 0.6) is 0 Å². The average molecular weight is 237 g/mol. The van der Waals surface area contributed by atoms with E-state index in [1.165, 1.54) is 13.3 Å². The Hall–Kier alpha value is -1.69. The van der Waals surface area contributed by atoms with Crippen LogP contribution in [0.4, 0.5) is 5.82 Å². The van der Waals surface area contributed by atoms with E-state index in [9.17, 15) is 4.79 Å². The van der Waals surface area contributed by atoms with Gasteiger partial charge in [-0.25, -0.2) is 9.78 Å². The van der Waals surface area contributed by atoms with Crippen molar-refractivity contribution in [3.8, 4) is 0 Å². The smallest absolute Gasteiger partial charge is 0.358 e. The quantitative estimate of drug-likeness (QED) is 0.777. The lowest BCUT2D eigenvalue weighted by Crippen LogP contribution is -2.16. The SMILES string of the molecule is COC(=O)c1cncc(NCC2CCOC2)n1. The van der Waals surface area contributed by atoms with E-state index in [0.717, 1.165) is 26.2 Å². The van der Waals surface area contributed by atoms with Crippen molar-refractivity contribution >= 4 is 11.8 Å². The monoisotopic (exact) mass is 237 g/mol. The number of hydrogen-bond acceptors (Lipinski definition) is 6. The first-order chi connectivity index (χ1) is 8.29. The molecule has 0 amide bonds. The highest BCUT2D eigenvalue weighted by Crippen LogP contribution is 2.13. The molecule has 1 N–H and O–H groups in total. The molecule has 2 heterocycles. The van der Waals surface area contributed by atoms with Crippen molar-refractivity contribution in [3.63, 3.8) is 0 Å². The van der Waals surface area contributed by atoms with Crippen molar-refractivity contribution in [2.75, 3.05) is 32.2 Å². The van der Waals surface area contributed by atoms with Crippen LogP contribution < -0.4 is 5.32 Å². The molecule has 17 heavy (non-hydrogen) atoms. The number of nitrogens with zero attached hydrogens (tertiary/aromatic N) is 2. The highest BCUT2D eigenvalue weighted by Gasteiger charge is 2.15. The molecule has 1 atom stereocenters. The molecule has 0 spiro atoms. The fourth-order valence-electron chi connectivity index (χ4n) is 1.65. The number of hydrogen-bond donors (Lipinski definition) is 1. The molecule has 0 aliphatic carbocycles. The van der Waals surface area contributed by atoms with E-state index in [2.05, 4.69) is 20.0 Å². The van der Waals surface area contributed by atoms with Crippen molar-refractivity contribution in [1.29, 1.82) is 0 Å². The van der Waals surface area contributed by atoms with Crippen LogP contribution in [0.1, 0.15) is 16.9 Å². The molecular formula is C11H15N3O3. The Morgan fingerprint density at radius 3 is 3.24 bits per heavy atom. The van der Waals surface area contributed by atoms with Gasteiger partial charge in [-0.15, -0.1) is 0 Å². The topological polar surface area (TPSA) is 73.3 Å². The number of rotatable bonds is 4. The summed E-state index contributed by atoms with van der Waals surface area (Å²) in [6.07, 6.45) is 4.02. The van der Waals surface area contributed by atoms with Gasteiger partial charge in [-0.2, -0.15) is 0 Å². The summed E-state index contributed by atoms with van der Waals surface area (Å²) in [6.45, 7) is 2.37. The van der Waals surface area contributed by atoms with E-state index in [4.69, 9.17) is 4.74 Å². The van der Waals surface area contributed by atoms with Crippen molar-refractivity contribution in [2.45, 2.75) is 6.42 Å². The molecule has 1 saturated heterocycles. The molecule has 1 unspecified atom stereocenters. The summed E-state index contributed by atoms with van der Waals surface area (Å²) in [4.78, 5) is 19.3. The molecule has 1 aromatic heterocycles. The number of carbonyl (C=O) groups is 1. The Balaban J connectivity index is 1.93. The van der Waals surface area contributed by atoms with Gasteiger partial charge in [0, 0.05) is 19.1 Å². The summed E-state index contributed by atoms with van der Waals surface area (Å²) in [7, 11) is 1.32. The van der Waals surface area contributed by atoms with Gasteiger partial charge in [-0.3, -0.25) is 4.98 Å². The highest BCUT2D eigenvalue weighted by molar-refractivity contribution is 5.87. The van der Waals surface area contributed by atoms with Crippen LogP contribution in [0.25, 0.3) is 0 Å². The van der Waals surface area contributed by atoms with Crippen LogP contribution in [-0.2, 0) is 9.47 Å². The summed E-state index contributed by atoms with van der Waals surface area (Å²) < 4.78 is 9.85. The first kappa shape index (κ1) is 11.8. The molecule has 1 fully saturated rings. The van der Waals surface area contributed by atoms with E-state index in [1.54, 1.807) is 6.20 Å². The molecule has 1 aromatic rings. The fourth-order valence-corrected chi connectivity index (χ4v) is 1.65. The molecule has 0 saturated carbocycles.